The molecule has 1 aliphatic rings. The maximum absolute atomic E-state index is 4.70. The van der Waals surface area contributed by atoms with Crippen LogP contribution in [0.5, 0.6) is 0 Å². The molecule has 2 unspecified atom stereocenters. The van der Waals surface area contributed by atoms with Crippen LogP contribution in [-0.4, -0.2) is 34.9 Å². The predicted octanol–water partition coefficient (Wildman–Crippen LogP) is 3.31. The van der Waals surface area contributed by atoms with Crippen LogP contribution < -0.4 is 10.6 Å². The summed E-state index contributed by atoms with van der Waals surface area (Å²) in [6, 6.07) is 11.1. The number of nitrogens with zero attached hydrogens (tertiary/aromatic N) is 3. The fourth-order valence-electron chi connectivity index (χ4n) is 3.05. The van der Waals surface area contributed by atoms with Gasteiger partial charge in [0.15, 0.2) is 5.96 Å². The summed E-state index contributed by atoms with van der Waals surface area (Å²) in [6.07, 6.45) is 5.98. The van der Waals surface area contributed by atoms with Crippen LogP contribution in [0.15, 0.2) is 47.7 Å². The van der Waals surface area contributed by atoms with Crippen LogP contribution in [0.25, 0.3) is 0 Å². The number of halogens is 1. The maximum Gasteiger partial charge on any atom is 0.191 e. The van der Waals surface area contributed by atoms with E-state index in [-0.39, 0.29) is 24.0 Å². The molecule has 0 bridgehead atoms. The summed E-state index contributed by atoms with van der Waals surface area (Å²) in [5, 5.41) is 11.1. The molecular weight excluding hydrogens is 425 g/mol. The Morgan fingerprint density at radius 2 is 2.16 bits per heavy atom. The molecule has 1 aromatic carbocycles. The van der Waals surface area contributed by atoms with Gasteiger partial charge in [-0.1, -0.05) is 24.3 Å². The molecule has 0 amide bonds. The molecule has 0 aliphatic heterocycles. The van der Waals surface area contributed by atoms with Crippen LogP contribution in [0, 0.1) is 6.92 Å². The fourth-order valence-corrected chi connectivity index (χ4v) is 3.05. The molecule has 25 heavy (non-hydrogen) atoms. The monoisotopic (exact) mass is 453 g/mol. The van der Waals surface area contributed by atoms with E-state index in [1.165, 1.54) is 17.5 Å². The van der Waals surface area contributed by atoms with Crippen molar-refractivity contribution < 1.29 is 0 Å². The van der Waals surface area contributed by atoms with E-state index >= 15 is 0 Å². The summed E-state index contributed by atoms with van der Waals surface area (Å²) in [5.41, 5.74) is 2.84. The normalized spacial score (nSPS) is 19.2. The molecular formula is C19H28IN5. The molecule has 3 rings (SSSR count). The van der Waals surface area contributed by atoms with Crippen molar-refractivity contribution in [1.82, 2.24) is 20.4 Å². The summed E-state index contributed by atoms with van der Waals surface area (Å²) in [6.45, 7) is 6.89. The lowest BCUT2D eigenvalue weighted by Gasteiger charge is -2.12. The smallest absolute Gasteiger partial charge is 0.191 e. The van der Waals surface area contributed by atoms with Crippen LogP contribution in [0.1, 0.15) is 36.8 Å². The molecule has 2 N–H and O–H groups in total. The van der Waals surface area contributed by atoms with Gasteiger partial charge in [0.1, 0.15) is 0 Å². The summed E-state index contributed by atoms with van der Waals surface area (Å²) >= 11 is 0. The lowest BCUT2D eigenvalue weighted by atomic mass is 10.0. The predicted molar refractivity (Wildman–Crippen MR) is 114 cm³/mol. The molecule has 1 aromatic heterocycles. The molecule has 1 heterocycles. The highest BCUT2D eigenvalue weighted by atomic mass is 127. The van der Waals surface area contributed by atoms with Crippen LogP contribution in [0.4, 0.5) is 0 Å². The highest BCUT2D eigenvalue weighted by Crippen LogP contribution is 2.41. The largest absolute Gasteiger partial charge is 0.357 e. The van der Waals surface area contributed by atoms with Gasteiger partial charge in [0, 0.05) is 44.0 Å². The van der Waals surface area contributed by atoms with Gasteiger partial charge in [-0.2, -0.15) is 5.10 Å². The third kappa shape index (κ3) is 5.73. The molecule has 2 aromatic rings. The van der Waals surface area contributed by atoms with E-state index in [1.807, 2.05) is 23.1 Å². The molecule has 5 nitrogen and oxygen atoms in total. The van der Waals surface area contributed by atoms with E-state index in [9.17, 15) is 0 Å². The second-order valence-electron chi connectivity index (χ2n) is 6.33. The standard InChI is InChI=1S/C19H27N5.HI/c1-3-20-19(21-10-6-12-24-13-7-11-22-24)23-18-14-17(18)16-9-5-4-8-15(16)2;/h4-5,7-9,11,13,17-18H,3,6,10,12,14H2,1-2H3,(H2,20,21,23);1H. The molecule has 1 saturated carbocycles. The minimum Gasteiger partial charge on any atom is -0.357 e. The number of hydrogen-bond donors (Lipinski definition) is 2. The summed E-state index contributed by atoms with van der Waals surface area (Å²) in [7, 11) is 0. The van der Waals surface area contributed by atoms with E-state index in [0.29, 0.717) is 12.0 Å². The van der Waals surface area contributed by atoms with Crippen molar-refractivity contribution in [3.05, 3.63) is 53.9 Å². The van der Waals surface area contributed by atoms with Gasteiger partial charge >= 0.3 is 0 Å². The van der Waals surface area contributed by atoms with Gasteiger partial charge < -0.3 is 10.6 Å². The Kier molecular flexibility index (Phi) is 7.74. The van der Waals surface area contributed by atoms with Crippen molar-refractivity contribution in [2.75, 3.05) is 13.1 Å². The number of benzene rings is 1. The Labute approximate surface area is 167 Å². The fraction of sp³-hybridized carbons (Fsp3) is 0.474. The Balaban J connectivity index is 0.00000225. The highest BCUT2D eigenvalue weighted by molar-refractivity contribution is 14.0. The molecule has 1 fully saturated rings. The van der Waals surface area contributed by atoms with Gasteiger partial charge in [0.25, 0.3) is 0 Å². The van der Waals surface area contributed by atoms with Crippen molar-refractivity contribution in [1.29, 1.82) is 0 Å². The molecule has 6 heteroatoms. The quantitative estimate of drug-likeness (QED) is 0.293. The van der Waals surface area contributed by atoms with E-state index in [2.05, 4.69) is 53.8 Å². The average Bonchev–Trinajstić information content (AvgIpc) is 3.13. The van der Waals surface area contributed by atoms with Crippen LogP contribution in [-0.2, 0) is 6.54 Å². The maximum atomic E-state index is 4.70. The zero-order valence-electron chi connectivity index (χ0n) is 15.0. The van der Waals surface area contributed by atoms with Gasteiger partial charge in [-0.15, -0.1) is 24.0 Å². The van der Waals surface area contributed by atoms with Crippen molar-refractivity contribution >= 4 is 29.9 Å². The molecule has 136 valence electrons. The first kappa shape index (κ1) is 19.8. The lowest BCUT2D eigenvalue weighted by molar-refractivity contribution is 0.583. The number of guanidine groups is 1. The van der Waals surface area contributed by atoms with E-state index < -0.39 is 0 Å². The summed E-state index contributed by atoms with van der Waals surface area (Å²) < 4.78 is 1.95. The Hall–Kier alpha value is -1.57. The van der Waals surface area contributed by atoms with Crippen LogP contribution >= 0.6 is 24.0 Å². The Morgan fingerprint density at radius 1 is 1.32 bits per heavy atom. The van der Waals surface area contributed by atoms with Crippen molar-refractivity contribution in [3.63, 3.8) is 0 Å². The number of rotatable bonds is 7. The number of nitrogens with one attached hydrogen (secondary N) is 2. The highest BCUT2D eigenvalue weighted by Gasteiger charge is 2.39. The number of hydrogen-bond acceptors (Lipinski definition) is 2. The Bertz CT molecular complexity index is 668. The van der Waals surface area contributed by atoms with Crippen molar-refractivity contribution in [3.8, 4) is 0 Å². The first-order valence-electron chi connectivity index (χ1n) is 8.85. The molecule has 1 aliphatic carbocycles. The second kappa shape index (κ2) is 9.79. The minimum atomic E-state index is 0. The average molecular weight is 453 g/mol. The molecule has 0 spiro atoms. The van der Waals surface area contributed by atoms with Gasteiger partial charge in [-0.3, -0.25) is 9.67 Å². The van der Waals surface area contributed by atoms with Gasteiger partial charge in [0.05, 0.1) is 0 Å². The SMILES string of the molecule is CCNC(=NCCCn1cccn1)NC1CC1c1ccccc1C.I. The third-order valence-corrected chi connectivity index (χ3v) is 4.42. The number of aryl methyl sites for hydroxylation is 2. The van der Waals surface area contributed by atoms with Gasteiger partial charge in [-0.25, -0.2) is 0 Å². The zero-order chi connectivity index (χ0) is 16.8. The van der Waals surface area contributed by atoms with Gasteiger partial charge in [0.2, 0.25) is 0 Å². The van der Waals surface area contributed by atoms with Crippen molar-refractivity contribution in [2.24, 2.45) is 4.99 Å². The second-order valence-corrected chi connectivity index (χ2v) is 6.33. The third-order valence-electron chi connectivity index (χ3n) is 4.42. The molecule has 0 saturated heterocycles. The molecule has 2 atom stereocenters. The van der Waals surface area contributed by atoms with E-state index in [0.717, 1.165) is 32.0 Å². The summed E-state index contributed by atoms with van der Waals surface area (Å²) in [4.78, 5) is 4.70. The van der Waals surface area contributed by atoms with Crippen LogP contribution in [0.3, 0.4) is 0 Å². The minimum absolute atomic E-state index is 0. The summed E-state index contributed by atoms with van der Waals surface area (Å²) in [5.74, 6) is 1.54. The lowest BCUT2D eigenvalue weighted by Crippen LogP contribution is -2.39. The Morgan fingerprint density at radius 3 is 2.88 bits per heavy atom. The van der Waals surface area contributed by atoms with E-state index in [1.54, 1.807) is 0 Å². The topological polar surface area (TPSA) is 54.2 Å². The van der Waals surface area contributed by atoms with Crippen LogP contribution in [0.2, 0.25) is 0 Å². The van der Waals surface area contributed by atoms with Crippen molar-refractivity contribution in [2.45, 2.75) is 45.2 Å². The number of aliphatic imine (C=N–C) groups is 1. The molecule has 0 radical (unpaired) electrons. The zero-order valence-corrected chi connectivity index (χ0v) is 17.3. The first-order chi connectivity index (χ1) is 11.8. The first-order valence-corrected chi connectivity index (χ1v) is 8.85. The number of aromatic nitrogens is 2. The van der Waals surface area contributed by atoms with E-state index in [4.69, 9.17) is 4.99 Å². The van der Waals surface area contributed by atoms with Gasteiger partial charge in [-0.05, 0) is 43.9 Å².